The number of carbonyl (C=O) groups is 1. The minimum absolute atomic E-state index is 0.0705. The molecule has 0 radical (unpaired) electrons. The van der Waals surface area contributed by atoms with Crippen LogP contribution in [0.2, 0.25) is 0 Å². The Hall–Kier alpha value is -3.21. The number of carbonyl (C=O) groups excluding carboxylic acids is 1. The molecule has 33 heavy (non-hydrogen) atoms. The smallest absolute Gasteiger partial charge is 0.225 e. The van der Waals surface area contributed by atoms with Crippen LogP contribution in [-0.2, 0) is 30.5 Å². The molecular weight excluding hydrogens is 408 g/mol. The molecule has 0 unspecified atom stereocenters. The third kappa shape index (κ3) is 5.08. The second kappa shape index (κ2) is 9.74. The van der Waals surface area contributed by atoms with Gasteiger partial charge in [0.2, 0.25) is 5.91 Å². The standard InChI is InChI=1S/C28H32N4O/c29-22-13-14-23-21(18-22)12-16-24-27(23)30-25(15-11-19-7-3-1-4-8-19)28(31-24)32-26(33)17-20-9-5-2-6-10-20/h1,3-4,7-8,13-14,18,20H,2,5-6,9-12,15-17,29H2,(H,31,32,33). The summed E-state index contributed by atoms with van der Waals surface area (Å²) in [4.78, 5) is 23.0. The van der Waals surface area contributed by atoms with Crippen molar-refractivity contribution in [1.29, 1.82) is 0 Å². The highest BCUT2D eigenvalue weighted by Gasteiger charge is 2.23. The van der Waals surface area contributed by atoms with Gasteiger partial charge >= 0.3 is 0 Å². The number of nitrogens with one attached hydrogen (secondary N) is 1. The minimum atomic E-state index is 0.0705. The first-order valence-electron chi connectivity index (χ1n) is 12.3. The van der Waals surface area contributed by atoms with Crippen LogP contribution in [0.25, 0.3) is 11.3 Å². The lowest BCUT2D eigenvalue weighted by Crippen LogP contribution is -2.21. The second-order valence-electron chi connectivity index (χ2n) is 9.47. The molecule has 0 aliphatic heterocycles. The van der Waals surface area contributed by atoms with Gasteiger partial charge in [0.25, 0.3) is 0 Å². The molecule has 2 aromatic carbocycles. The summed E-state index contributed by atoms with van der Waals surface area (Å²) in [7, 11) is 0. The van der Waals surface area contributed by atoms with Gasteiger partial charge in [-0.2, -0.15) is 0 Å². The number of anilines is 2. The van der Waals surface area contributed by atoms with E-state index in [4.69, 9.17) is 15.7 Å². The van der Waals surface area contributed by atoms with E-state index in [1.54, 1.807) is 0 Å². The monoisotopic (exact) mass is 440 g/mol. The maximum Gasteiger partial charge on any atom is 0.225 e. The molecule has 5 nitrogen and oxygen atoms in total. The number of hydrogen-bond acceptors (Lipinski definition) is 4. The predicted molar refractivity (Wildman–Crippen MR) is 133 cm³/mol. The predicted octanol–water partition coefficient (Wildman–Crippen LogP) is 5.52. The average molecular weight is 441 g/mol. The van der Waals surface area contributed by atoms with Crippen molar-refractivity contribution in [3.63, 3.8) is 0 Å². The van der Waals surface area contributed by atoms with Crippen LogP contribution < -0.4 is 11.1 Å². The lowest BCUT2D eigenvalue weighted by molar-refractivity contribution is -0.117. The first kappa shape index (κ1) is 21.6. The SMILES string of the molecule is Nc1ccc2c(c1)CCc1nc(NC(=O)CC3CCCCC3)c(CCc3ccccc3)nc1-2. The topological polar surface area (TPSA) is 80.9 Å². The molecule has 2 aliphatic carbocycles. The van der Waals surface area contributed by atoms with E-state index in [1.807, 2.05) is 18.2 Å². The quantitative estimate of drug-likeness (QED) is 0.495. The van der Waals surface area contributed by atoms with Gasteiger partial charge in [-0.05, 0) is 67.7 Å². The summed E-state index contributed by atoms with van der Waals surface area (Å²) in [5.41, 5.74) is 13.1. The Kier molecular flexibility index (Phi) is 6.38. The molecular formula is C28H32N4O. The third-order valence-electron chi connectivity index (χ3n) is 7.01. The van der Waals surface area contributed by atoms with Crippen molar-refractivity contribution in [2.45, 2.75) is 64.2 Å². The van der Waals surface area contributed by atoms with E-state index in [1.165, 1.54) is 30.4 Å². The van der Waals surface area contributed by atoms with Crippen LogP contribution in [0.1, 0.15) is 61.0 Å². The van der Waals surface area contributed by atoms with Crippen molar-refractivity contribution in [2.24, 2.45) is 5.92 Å². The van der Waals surface area contributed by atoms with E-state index in [9.17, 15) is 4.79 Å². The summed E-state index contributed by atoms with van der Waals surface area (Å²) < 4.78 is 0. The van der Waals surface area contributed by atoms with Crippen molar-refractivity contribution in [3.8, 4) is 11.3 Å². The molecule has 3 N–H and O–H groups in total. The molecule has 0 atom stereocenters. The van der Waals surface area contributed by atoms with Gasteiger partial charge in [0.1, 0.15) is 0 Å². The highest BCUT2D eigenvalue weighted by atomic mass is 16.1. The zero-order chi connectivity index (χ0) is 22.6. The molecule has 1 aromatic heterocycles. The number of nitrogens with zero attached hydrogens (tertiary/aromatic N) is 2. The number of benzene rings is 2. The van der Waals surface area contributed by atoms with Gasteiger partial charge in [0.05, 0.1) is 17.1 Å². The summed E-state index contributed by atoms with van der Waals surface area (Å²) in [6.07, 6.45) is 9.95. The van der Waals surface area contributed by atoms with Gasteiger partial charge in [0.15, 0.2) is 5.82 Å². The van der Waals surface area contributed by atoms with Gasteiger partial charge in [-0.1, -0.05) is 55.7 Å². The molecule has 3 aromatic rings. The Labute approximate surface area is 195 Å². The summed E-state index contributed by atoms with van der Waals surface area (Å²) in [5.74, 6) is 1.21. The molecule has 0 spiro atoms. The second-order valence-corrected chi connectivity index (χ2v) is 9.47. The maximum absolute atomic E-state index is 12.9. The summed E-state index contributed by atoms with van der Waals surface area (Å²) in [6, 6.07) is 16.4. The third-order valence-corrected chi connectivity index (χ3v) is 7.01. The highest BCUT2D eigenvalue weighted by molar-refractivity contribution is 5.90. The lowest BCUT2D eigenvalue weighted by atomic mass is 9.87. The van der Waals surface area contributed by atoms with Crippen molar-refractivity contribution in [1.82, 2.24) is 9.97 Å². The number of nitrogens with two attached hydrogens (primary N) is 1. The van der Waals surface area contributed by atoms with E-state index in [0.29, 0.717) is 18.2 Å². The van der Waals surface area contributed by atoms with Crippen molar-refractivity contribution >= 4 is 17.4 Å². The average Bonchev–Trinajstić information content (AvgIpc) is 2.83. The van der Waals surface area contributed by atoms with E-state index in [2.05, 4.69) is 35.6 Å². The normalized spacial score (nSPS) is 15.5. The van der Waals surface area contributed by atoms with Crippen LogP contribution in [0.15, 0.2) is 48.5 Å². The number of rotatable bonds is 6. The van der Waals surface area contributed by atoms with Gasteiger partial charge in [0, 0.05) is 17.7 Å². The summed E-state index contributed by atoms with van der Waals surface area (Å²) in [6.45, 7) is 0. The van der Waals surface area contributed by atoms with E-state index in [0.717, 1.165) is 66.9 Å². The molecule has 5 rings (SSSR count). The number of aryl methyl sites for hydroxylation is 4. The van der Waals surface area contributed by atoms with Gasteiger partial charge < -0.3 is 11.1 Å². The number of aromatic nitrogens is 2. The van der Waals surface area contributed by atoms with Crippen LogP contribution in [-0.4, -0.2) is 15.9 Å². The fraction of sp³-hybridized carbons (Fsp3) is 0.393. The van der Waals surface area contributed by atoms with Crippen LogP contribution in [0.4, 0.5) is 11.5 Å². The van der Waals surface area contributed by atoms with Crippen molar-refractivity contribution in [3.05, 3.63) is 71.0 Å². The Bertz CT molecular complexity index is 1140. The fourth-order valence-corrected chi connectivity index (χ4v) is 5.22. The van der Waals surface area contributed by atoms with Gasteiger partial charge in [-0.3, -0.25) is 4.79 Å². The van der Waals surface area contributed by atoms with E-state index < -0.39 is 0 Å². The molecule has 1 heterocycles. The molecule has 1 fully saturated rings. The van der Waals surface area contributed by atoms with Crippen LogP contribution in [0.5, 0.6) is 0 Å². The molecule has 2 aliphatic rings. The lowest BCUT2D eigenvalue weighted by Gasteiger charge is -2.23. The zero-order valence-corrected chi connectivity index (χ0v) is 19.1. The molecule has 1 amide bonds. The van der Waals surface area contributed by atoms with Gasteiger partial charge in [-0.15, -0.1) is 0 Å². The van der Waals surface area contributed by atoms with Crippen molar-refractivity contribution in [2.75, 3.05) is 11.1 Å². The Balaban J connectivity index is 1.43. The first-order valence-corrected chi connectivity index (χ1v) is 12.3. The molecule has 0 saturated heterocycles. The number of fused-ring (bicyclic) bond motifs is 3. The number of nitrogen functional groups attached to an aromatic ring is 1. The van der Waals surface area contributed by atoms with Crippen LogP contribution >= 0.6 is 0 Å². The largest absolute Gasteiger partial charge is 0.399 e. The zero-order valence-electron chi connectivity index (χ0n) is 19.1. The molecule has 1 saturated carbocycles. The first-order chi connectivity index (χ1) is 16.2. The van der Waals surface area contributed by atoms with Gasteiger partial charge in [-0.25, -0.2) is 9.97 Å². The maximum atomic E-state index is 12.9. The van der Waals surface area contributed by atoms with Crippen LogP contribution in [0.3, 0.4) is 0 Å². The Morgan fingerprint density at radius 2 is 1.79 bits per heavy atom. The molecule has 170 valence electrons. The number of hydrogen-bond donors (Lipinski definition) is 2. The highest BCUT2D eigenvalue weighted by Crippen LogP contribution is 2.34. The summed E-state index contributed by atoms with van der Waals surface area (Å²) >= 11 is 0. The van der Waals surface area contributed by atoms with Crippen LogP contribution in [0, 0.1) is 5.92 Å². The molecule has 0 bridgehead atoms. The summed E-state index contributed by atoms with van der Waals surface area (Å²) in [5, 5.41) is 3.14. The van der Waals surface area contributed by atoms with E-state index >= 15 is 0 Å². The Morgan fingerprint density at radius 3 is 2.61 bits per heavy atom. The van der Waals surface area contributed by atoms with E-state index in [-0.39, 0.29) is 5.91 Å². The Morgan fingerprint density at radius 1 is 0.970 bits per heavy atom. The molecule has 5 heteroatoms. The van der Waals surface area contributed by atoms with Crippen molar-refractivity contribution < 1.29 is 4.79 Å². The fourth-order valence-electron chi connectivity index (χ4n) is 5.22. The number of amides is 1. The minimum Gasteiger partial charge on any atom is -0.399 e.